The molecule has 4 atom stereocenters. The fourth-order valence-corrected chi connectivity index (χ4v) is 2.66. The van der Waals surface area contributed by atoms with Gasteiger partial charge in [-0.25, -0.2) is 15.0 Å². The number of aliphatic hydroxyl groups is 3. The van der Waals surface area contributed by atoms with Crippen molar-refractivity contribution in [2.45, 2.75) is 37.7 Å². The first-order chi connectivity index (χ1) is 10.0. The first-order valence-electron chi connectivity index (χ1n) is 6.73. The van der Waals surface area contributed by atoms with Crippen LogP contribution >= 0.6 is 0 Å². The number of aliphatic hydroxyl groups excluding tert-OH is 3. The molecule has 8 heteroatoms. The third-order valence-corrected chi connectivity index (χ3v) is 3.86. The molecule has 0 saturated carbocycles. The maximum absolute atomic E-state index is 10.2. The lowest BCUT2D eigenvalue weighted by atomic mass is 10.0. The van der Waals surface area contributed by atoms with Crippen LogP contribution in [0.4, 0.5) is 5.82 Å². The lowest BCUT2D eigenvalue weighted by Gasteiger charge is -2.20. The zero-order valence-electron chi connectivity index (χ0n) is 11.5. The van der Waals surface area contributed by atoms with Gasteiger partial charge in [0.2, 0.25) is 0 Å². The van der Waals surface area contributed by atoms with Gasteiger partial charge in [-0.05, 0) is 12.0 Å². The lowest BCUT2D eigenvalue weighted by Crippen LogP contribution is -2.31. The summed E-state index contributed by atoms with van der Waals surface area (Å²) in [5.74, 6) is 0.254. The maximum Gasteiger partial charge on any atom is 0.166 e. The minimum absolute atomic E-state index is 0.254. The molecule has 2 aromatic rings. The van der Waals surface area contributed by atoms with Crippen LogP contribution in [0.3, 0.4) is 0 Å². The summed E-state index contributed by atoms with van der Waals surface area (Å²) in [5, 5.41) is 30.2. The fraction of sp³-hybridized carbons (Fsp3) is 0.462. The molecule has 0 spiro atoms. The van der Waals surface area contributed by atoms with Gasteiger partial charge in [0.25, 0.3) is 0 Å². The summed E-state index contributed by atoms with van der Waals surface area (Å²) < 4.78 is 1.62. The maximum atomic E-state index is 10.2. The molecule has 8 nitrogen and oxygen atoms in total. The van der Waals surface area contributed by atoms with E-state index in [1.54, 1.807) is 17.6 Å². The van der Waals surface area contributed by atoms with Gasteiger partial charge in [0.1, 0.15) is 24.1 Å². The molecule has 1 aliphatic rings. The fourth-order valence-electron chi connectivity index (χ4n) is 2.66. The van der Waals surface area contributed by atoms with E-state index in [4.69, 9.17) is 5.73 Å². The molecule has 0 aromatic carbocycles. The average molecular weight is 291 g/mol. The van der Waals surface area contributed by atoms with E-state index in [0.717, 1.165) is 0 Å². The molecule has 21 heavy (non-hydrogen) atoms. The van der Waals surface area contributed by atoms with Crippen molar-refractivity contribution in [1.29, 1.82) is 0 Å². The second-order valence-corrected chi connectivity index (χ2v) is 5.10. The third-order valence-electron chi connectivity index (χ3n) is 3.86. The van der Waals surface area contributed by atoms with Crippen LogP contribution in [0.1, 0.15) is 19.4 Å². The Kier molecular flexibility index (Phi) is 3.36. The Morgan fingerprint density at radius 2 is 2.10 bits per heavy atom. The summed E-state index contributed by atoms with van der Waals surface area (Å²) in [6.07, 6.45) is 1.96. The van der Waals surface area contributed by atoms with Gasteiger partial charge < -0.3 is 25.6 Å². The largest absolute Gasteiger partial charge is 0.389 e. The predicted octanol–water partition coefficient (Wildman–Crippen LogP) is -0.618. The van der Waals surface area contributed by atoms with Crippen molar-refractivity contribution in [3.63, 3.8) is 0 Å². The van der Waals surface area contributed by atoms with E-state index in [0.29, 0.717) is 23.2 Å². The van der Waals surface area contributed by atoms with Crippen molar-refractivity contribution in [3.8, 4) is 0 Å². The number of nitrogen functional groups attached to an aromatic ring is 1. The number of imidazole rings is 1. The minimum atomic E-state index is -1.11. The van der Waals surface area contributed by atoms with Crippen LogP contribution in [-0.2, 0) is 0 Å². The van der Waals surface area contributed by atoms with Crippen LogP contribution in [-0.4, -0.2) is 53.2 Å². The third kappa shape index (κ3) is 2.08. The smallest absolute Gasteiger partial charge is 0.166 e. The molecule has 5 N–H and O–H groups in total. The Morgan fingerprint density at radius 3 is 2.81 bits per heavy atom. The first kappa shape index (κ1) is 13.9. The topological polar surface area (TPSA) is 130 Å². The highest BCUT2D eigenvalue weighted by molar-refractivity contribution is 5.81. The Morgan fingerprint density at radius 1 is 1.33 bits per heavy atom. The van der Waals surface area contributed by atoms with Crippen LogP contribution in [0.5, 0.6) is 0 Å². The molecule has 0 saturated heterocycles. The van der Waals surface area contributed by atoms with Gasteiger partial charge in [0, 0.05) is 0 Å². The van der Waals surface area contributed by atoms with E-state index in [2.05, 4.69) is 15.0 Å². The second kappa shape index (κ2) is 5.06. The number of fused-ring (bicyclic) bond motifs is 1. The highest BCUT2D eigenvalue weighted by Crippen LogP contribution is 2.33. The van der Waals surface area contributed by atoms with Crippen LogP contribution in [0.15, 0.2) is 24.3 Å². The zero-order valence-corrected chi connectivity index (χ0v) is 11.5. The molecule has 3 rings (SSSR count). The Labute approximate surface area is 120 Å². The van der Waals surface area contributed by atoms with E-state index >= 15 is 0 Å². The van der Waals surface area contributed by atoms with Crippen LogP contribution < -0.4 is 5.73 Å². The lowest BCUT2D eigenvalue weighted by molar-refractivity contribution is 0.0221. The van der Waals surface area contributed by atoms with Gasteiger partial charge in [-0.2, -0.15) is 0 Å². The van der Waals surface area contributed by atoms with Gasteiger partial charge >= 0.3 is 0 Å². The van der Waals surface area contributed by atoms with E-state index < -0.39 is 24.4 Å². The minimum Gasteiger partial charge on any atom is -0.389 e. The summed E-state index contributed by atoms with van der Waals surface area (Å²) in [6, 6.07) is -0.560. The standard InChI is InChI=1S/C13H17N5O3/c1-2-8(19)6-3-7(11(21)10(6)20)18-5-17-9-12(14)15-4-16-13(9)18/h3-5,7-8,10-11,19-21H,2H2,1H3,(H2,14,15,16)/t7-,8?,10-,11+/m1/s1. The van der Waals surface area contributed by atoms with Crippen LogP contribution in [0.2, 0.25) is 0 Å². The molecule has 0 fully saturated rings. The average Bonchev–Trinajstić information content (AvgIpc) is 3.02. The molecular weight excluding hydrogens is 274 g/mol. The molecule has 1 unspecified atom stereocenters. The summed E-state index contributed by atoms with van der Waals surface area (Å²) in [6.45, 7) is 1.80. The summed E-state index contributed by atoms with van der Waals surface area (Å²) in [5.41, 5.74) is 7.06. The predicted molar refractivity (Wildman–Crippen MR) is 75.2 cm³/mol. The van der Waals surface area contributed by atoms with Crippen LogP contribution in [0, 0.1) is 0 Å². The van der Waals surface area contributed by atoms with Crippen molar-refractivity contribution >= 4 is 17.0 Å². The molecule has 0 radical (unpaired) electrons. The Hall–Kier alpha value is -2.03. The summed E-state index contributed by atoms with van der Waals surface area (Å²) >= 11 is 0. The van der Waals surface area contributed by atoms with Crippen LogP contribution in [0.25, 0.3) is 11.2 Å². The van der Waals surface area contributed by atoms with E-state index in [1.807, 2.05) is 0 Å². The van der Waals surface area contributed by atoms with Crippen molar-refractivity contribution < 1.29 is 15.3 Å². The number of hydrogen-bond acceptors (Lipinski definition) is 7. The van der Waals surface area contributed by atoms with Gasteiger partial charge in [-0.15, -0.1) is 0 Å². The number of rotatable bonds is 3. The van der Waals surface area contributed by atoms with Crippen molar-refractivity contribution in [3.05, 3.63) is 24.3 Å². The SMILES string of the molecule is CCC(O)C1=C[C@@H](n2cnc3c(N)ncnc32)[C@H](O)[C@@H]1O. The van der Waals surface area contributed by atoms with Gasteiger partial charge in [-0.3, -0.25) is 0 Å². The summed E-state index contributed by atoms with van der Waals surface area (Å²) in [4.78, 5) is 12.1. The number of nitrogens with zero attached hydrogens (tertiary/aromatic N) is 4. The van der Waals surface area contributed by atoms with Crippen molar-refractivity contribution in [1.82, 2.24) is 19.5 Å². The molecule has 0 aliphatic heterocycles. The molecular formula is C13H17N5O3. The monoisotopic (exact) mass is 291 g/mol. The molecule has 2 heterocycles. The van der Waals surface area contributed by atoms with Gasteiger partial charge in [0.15, 0.2) is 11.5 Å². The number of hydrogen-bond donors (Lipinski definition) is 4. The Balaban J connectivity index is 2.06. The van der Waals surface area contributed by atoms with E-state index in [9.17, 15) is 15.3 Å². The second-order valence-electron chi connectivity index (χ2n) is 5.10. The molecule has 0 bridgehead atoms. The van der Waals surface area contributed by atoms with Crippen molar-refractivity contribution in [2.24, 2.45) is 0 Å². The zero-order chi connectivity index (χ0) is 15.1. The highest BCUT2D eigenvalue weighted by Gasteiger charge is 2.38. The van der Waals surface area contributed by atoms with E-state index in [-0.39, 0.29) is 5.82 Å². The molecule has 0 amide bonds. The molecule has 112 valence electrons. The number of nitrogens with two attached hydrogens (primary N) is 1. The summed E-state index contributed by atoms with van der Waals surface area (Å²) in [7, 11) is 0. The van der Waals surface area contributed by atoms with Gasteiger partial charge in [-0.1, -0.05) is 13.0 Å². The van der Waals surface area contributed by atoms with Crippen molar-refractivity contribution in [2.75, 3.05) is 5.73 Å². The molecule has 2 aromatic heterocycles. The van der Waals surface area contributed by atoms with E-state index in [1.165, 1.54) is 12.7 Å². The molecule has 1 aliphatic carbocycles. The first-order valence-corrected chi connectivity index (χ1v) is 6.73. The quantitative estimate of drug-likeness (QED) is 0.554. The van der Waals surface area contributed by atoms with Gasteiger partial charge in [0.05, 0.1) is 18.5 Å². The highest BCUT2D eigenvalue weighted by atomic mass is 16.3. The number of anilines is 1. The Bertz CT molecular complexity index is 698. The number of aromatic nitrogens is 4. The normalized spacial score (nSPS) is 27.0.